The summed E-state index contributed by atoms with van der Waals surface area (Å²) in [6.07, 6.45) is 3.24. The monoisotopic (exact) mass is 151 g/mol. The molecule has 7 heteroatoms. The summed E-state index contributed by atoms with van der Waals surface area (Å²) in [6, 6.07) is 0. The van der Waals surface area contributed by atoms with Gasteiger partial charge in [0.05, 0.1) is 6.20 Å². The molecule has 0 radical (unpaired) electrons. The van der Waals surface area contributed by atoms with E-state index in [9.17, 15) is 0 Å². The second-order valence-electron chi connectivity index (χ2n) is 0.929. The Labute approximate surface area is 52.2 Å². The van der Waals surface area contributed by atoms with Crippen LogP contribution < -0.4 is 0 Å². The van der Waals surface area contributed by atoms with Crippen molar-refractivity contribution in [3.8, 4) is 0 Å². The summed E-state index contributed by atoms with van der Waals surface area (Å²) in [5.74, 6) is 0. The summed E-state index contributed by atoms with van der Waals surface area (Å²) in [5.41, 5.74) is 0. The van der Waals surface area contributed by atoms with Crippen molar-refractivity contribution in [3.05, 3.63) is 12.4 Å². The van der Waals surface area contributed by atoms with Gasteiger partial charge in [-0.1, -0.05) is 5.21 Å². The van der Waals surface area contributed by atoms with E-state index in [1.165, 1.54) is 0 Å². The van der Waals surface area contributed by atoms with Crippen LogP contribution in [0.5, 0.6) is 0 Å². The largest absolute Gasteiger partial charge is 0.328 e. The molecule has 1 heterocycles. The molecule has 52 valence electrons. The van der Waals surface area contributed by atoms with Crippen molar-refractivity contribution in [2.45, 2.75) is 0 Å². The quantitative estimate of drug-likeness (QED) is 0.356. The van der Waals surface area contributed by atoms with E-state index in [4.69, 9.17) is 14.7 Å². The Kier molecular flexibility index (Phi) is 5.24. The summed E-state index contributed by atoms with van der Waals surface area (Å²) in [7, 11) is -2.62. The molecule has 0 atom stereocenters. The van der Waals surface area contributed by atoms with Gasteiger partial charge in [-0.2, -0.15) is 0 Å². The Morgan fingerprint density at radius 1 is 1.33 bits per heavy atom. The first kappa shape index (κ1) is 8.45. The minimum Gasteiger partial charge on any atom is -0.328 e. The van der Waals surface area contributed by atoms with Crippen LogP contribution in [0.4, 0.5) is 0 Å². The van der Waals surface area contributed by atoms with Gasteiger partial charge in [-0.15, -0.1) is 5.10 Å². The number of aromatic amines is 1. The Morgan fingerprint density at radius 2 is 1.89 bits per heavy atom. The lowest BCUT2D eigenvalue weighted by molar-refractivity contribution is 0.368. The molecule has 0 saturated carbocycles. The van der Waals surface area contributed by atoms with E-state index >= 15 is 0 Å². The van der Waals surface area contributed by atoms with Crippen LogP contribution in [0.2, 0.25) is 0 Å². The van der Waals surface area contributed by atoms with Crippen molar-refractivity contribution in [1.29, 1.82) is 0 Å². The van der Waals surface area contributed by atoms with Crippen molar-refractivity contribution < 1.29 is 14.7 Å². The predicted molar refractivity (Wildman–Crippen MR) is 30.0 cm³/mol. The van der Waals surface area contributed by atoms with E-state index in [0.717, 1.165) is 0 Å². The van der Waals surface area contributed by atoms with Crippen molar-refractivity contribution in [1.82, 2.24) is 15.4 Å². The van der Waals surface area contributed by atoms with Crippen LogP contribution in [0.3, 0.4) is 0 Å². The van der Waals surface area contributed by atoms with Crippen LogP contribution in [-0.2, 0) is 0 Å². The lowest BCUT2D eigenvalue weighted by Crippen LogP contribution is -1.61. The van der Waals surface area contributed by atoms with E-state index < -0.39 is 8.60 Å². The highest BCUT2D eigenvalue weighted by atomic mass is 31.2. The van der Waals surface area contributed by atoms with Crippen LogP contribution in [-0.4, -0.2) is 30.1 Å². The van der Waals surface area contributed by atoms with E-state index in [2.05, 4.69) is 15.4 Å². The summed E-state index contributed by atoms with van der Waals surface area (Å²) in [5, 5.41) is 9.26. The normalized spacial score (nSPS) is 8.44. The fourth-order valence-corrected chi connectivity index (χ4v) is 0.167. The first-order valence-electron chi connectivity index (χ1n) is 1.90. The maximum atomic E-state index is 7.23. The van der Waals surface area contributed by atoms with E-state index in [-0.39, 0.29) is 0 Å². The van der Waals surface area contributed by atoms with Gasteiger partial charge in [0, 0.05) is 6.20 Å². The molecule has 0 spiro atoms. The van der Waals surface area contributed by atoms with Gasteiger partial charge in [0.2, 0.25) is 0 Å². The zero-order chi connectivity index (χ0) is 7.11. The highest BCUT2D eigenvalue weighted by molar-refractivity contribution is 7.38. The van der Waals surface area contributed by atoms with Gasteiger partial charge in [-0.25, -0.2) is 0 Å². The van der Waals surface area contributed by atoms with E-state index in [1.54, 1.807) is 12.4 Å². The average molecular weight is 151 g/mol. The summed E-state index contributed by atoms with van der Waals surface area (Å²) < 4.78 is 0. The van der Waals surface area contributed by atoms with Gasteiger partial charge in [-0.3, -0.25) is 5.10 Å². The summed E-state index contributed by atoms with van der Waals surface area (Å²) >= 11 is 0. The second-order valence-corrected chi connectivity index (χ2v) is 1.47. The van der Waals surface area contributed by atoms with Crippen molar-refractivity contribution in [2.75, 3.05) is 0 Å². The predicted octanol–water partition coefficient (Wildman–Crippen LogP) is -1.01. The Bertz CT molecular complexity index is 101. The molecule has 9 heavy (non-hydrogen) atoms. The molecule has 1 aromatic heterocycles. The number of aromatic nitrogens is 3. The maximum absolute atomic E-state index is 7.23. The molecule has 0 aliphatic heterocycles. The van der Waals surface area contributed by atoms with Gasteiger partial charge < -0.3 is 14.7 Å². The third-order valence-corrected chi connectivity index (χ3v) is 0.331. The average Bonchev–Trinajstić information content (AvgIpc) is 2.11. The molecule has 6 nitrogen and oxygen atoms in total. The zero-order valence-electron chi connectivity index (χ0n) is 4.34. The van der Waals surface area contributed by atoms with Crippen molar-refractivity contribution in [3.63, 3.8) is 0 Å². The number of rotatable bonds is 0. The maximum Gasteiger partial charge on any atom is 0.324 e. The van der Waals surface area contributed by atoms with Gasteiger partial charge in [0.15, 0.2) is 0 Å². The molecule has 0 saturated heterocycles. The molecule has 0 aromatic carbocycles. The molecule has 0 fully saturated rings. The van der Waals surface area contributed by atoms with Gasteiger partial charge >= 0.3 is 8.60 Å². The molecular formula is C2H6N3O3P. The van der Waals surface area contributed by atoms with Crippen LogP contribution in [0.1, 0.15) is 0 Å². The Balaban J connectivity index is 0.000000148. The lowest BCUT2D eigenvalue weighted by Gasteiger charge is -1.76. The van der Waals surface area contributed by atoms with E-state index in [0.29, 0.717) is 0 Å². The fourth-order valence-electron chi connectivity index (χ4n) is 0.167. The smallest absolute Gasteiger partial charge is 0.324 e. The van der Waals surface area contributed by atoms with Crippen molar-refractivity contribution >= 4 is 8.60 Å². The standard InChI is InChI=1S/C2H3N3.H3O3P/c1-2-4-5-3-1;1-4(2)3/h1-2H,(H,3,4,5);1-3H. The number of nitrogens with one attached hydrogen (secondary N) is 1. The zero-order valence-corrected chi connectivity index (χ0v) is 5.23. The van der Waals surface area contributed by atoms with Crippen LogP contribution in [0, 0.1) is 0 Å². The molecule has 0 aliphatic carbocycles. The van der Waals surface area contributed by atoms with Gasteiger partial charge in [-0.05, 0) is 0 Å². The number of nitrogens with zero attached hydrogens (tertiary/aromatic N) is 2. The highest BCUT2D eigenvalue weighted by Gasteiger charge is 1.76. The Hall–Kier alpha value is -0.550. The molecule has 0 bridgehead atoms. The molecular weight excluding hydrogens is 145 g/mol. The fraction of sp³-hybridized carbons (Fsp3) is 0. The molecule has 0 unspecified atom stereocenters. The third-order valence-electron chi connectivity index (χ3n) is 0.331. The van der Waals surface area contributed by atoms with Crippen LogP contribution >= 0.6 is 8.60 Å². The minimum atomic E-state index is -2.62. The third kappa shape index (κ3) is 11.2. The Morgan fingerprint density at radius 3 is 2.00 bits per heavy atom. The van der Waals surface area contributed by atoms with Gasteiger partial charge in [0.1, 0.15) is 0 Å². The first-order chi connectivity index (χ1) is 4.23. The second kappa shape index (κ2) is 5.58. The van der Waals surface area contributed by atoms with Crippen LogP contribution in [0.25, 0.3) is 0 Å². The SMILES string of the molecule is OP(O)O.c1c[nH]nn1. The number of H-pyrrole nitrogens is 1. The highest BCUT2D eigenvalue weighted by Crippen LogP contribution is 2.11. The summed E-state index contributed by atoms with van der Waals surface area (Å²) in [6.45, 7) is 0. The minimum absolute atomic E-state index is 1.58. The molecule has 1 aromatic rings. The number of hydrogen-bond donors (Lipinski definition) is 4. The lowest BCUT2D eigenvalue weighted by atomic mass is 11.0. The van der Waals surface area contributed by atoms with E-state index in [1.807, 2.05) is 0 Å². The first-order valence-corrected chi connectivity index (χ1v) is 3.10. The number of hydrogen-bond acceptors (Lipinski definition) is 5. The molecule has 1 rings (SSSR count). The molecule has 0 aliphatic rings. The topological polar surface area (TPSA) is 102 Å². The van der Waals surface area contributed by atoms with Gasteiger partial charge in [0.25, 0.3) is 0 Å². The van der Waals surface area contributed by atoms with Crippen molar-refractivity contribution in [2.24, 2.45) is 0 Å². The summed E-state index contributed by atoms with van der Waals surface area (Å²) in [4.78, 5) is 21.7. The molecule has 4 N–H and O–H groups in total. The molecule has 0 amide bonds. The van der Waals surface area contributed by atoms with Crippen LogP contribution in [0.15, 0.2) is 12.4 Å².